The Morgan fingerprint density at radius 1 is 1.69 bits per heavy atom. The Morgan fingerprint density at radius 3 is 3.00 bits per heavy atom. The highest BCUT2D eigenvalue weighted by atomic mass is 32.1. The number of nitrogens with two attached hydrogens (primary N) is 1. The maximum atomic E-state index is 5.69. The van der Waals surface area contributed by atoms with Crippen LogP contribution in [0.15, 0.2) is 5.38 Å². The third kappa shape index (κ3) is 2.27. The second kappa shape index (κ2) is 3.74. The van der Waals surface area contributed by atoms with E-state index in [0.717, 1.165) is 25.1 Å². The summed E-state index contributed by atoms with van der Waals surface area (Å²) in [6.07, 6.45) is 2.23. The highest BCUT2D eigenvalue weighted by Gasteiger charge is 2.25. The van der Waals surface area contributed by atoms with E-state index in [9.17, 15) is 0 Å². The molecule has 3 N–H and O–H groups in total. The number of nitrogens with one attached hydrogen (secondary N) is 1. The van der Waals surface area contributed by atoms with Gasteiger partial charge in [-0.1, -0.05) is 0 Å². The number of hydrogen-bond donors (Lipinski definition) is 2. The van der Waals surface area contributed by atoms with Gasteiger partial charge in [-0.15, -0.1) is 11.3 Å². The van der Waals surface area contributed by atoms with E-state index in [1.165, 1.54) is 5.01 Å². The summed E-state index contributed by atoms with van der Waals surface area (Å²) in [6, 6.07) is 1.05. The summed E-state index contributed by atoms with van der Waals surface area (Å²) in [5.74, 6) is 0. The molecule has 0 radical (unpaired) electrons. The normalized spacial score (nSPS) is 27.2. The molecular formula is C9H15N3S. The van der Waals surface area contributed by atoms with Gasteiger partial charge in [0, 0.05) is 29.7 Å². The first-order chi connectivity index (χ1) is 6.24. The molecule has 0 unspecified atom stereocenters. The lowest BCUT2D eigenvalue weighted by atomic mass is 9.88. The van der Waals surface area contributed by atoms with Crippen molar-refractivity contribution < 1.29 is 0 Å². The molecule has 1 saturated carbocycles. The van der Waals surface area contributed by atoms with E-state index >= 15 is 0 Å². The Kier molecular flexibility index (Phi) is 2.62. The van der Waals surface area contributed by atoms with Gasteiger partial charge in [0.2, 0.25) is 0 Å². The maximum absolute atomic E-state index is 5.69. The topological polar surface area (TPSA) is 50.9 Å². The Morgan fingerprint density at radius 2 is 2.46 bits per heavy atom. The van der Waals surface area contributed by atoms with Crippen LogP contribution in [0, 0.1) is 6.92 Å². The standard InChI is InChI=1S/C9H15N3S/c1-6-5-13-9(12-6)4-11-8-2-7(10)3-8/h5,7-8,11H,2-4,10H2,1H3. The predicted octanol–water partition coefficient (Wildman–Crippen LogP) is 1.03. The molecule has 4 heteroatoms. The molecule has 72 valence electrons. The van der Waals surface area contributed by atoms with Gasteiger partial charge < -0.3 is 11.1 Å². The Balaban J connectivity index is 1.74. The summed E-state index contributed by atoms with van der Waals surface area (Å²) < 4.78 is 0. The van der Waals surface area contributed by atoms with Crippen molar-refractivity contribution in [2.75, 3.05) is 0 Å². The number of hydrogen-bond acceptors (Lipinski definition) is 4. The van der Waals surface area contributed by atoms with Crippen LogP contribution >= 0.6 is 11.3 Å². The van der Waals surface area contributed by atoms with Crippen LogP contribution in [0.4, 0.5) is 0 Å². The van der Waals surface area contributed by atoms with E-state index in [1.807, 2.05) is 6.92 Å². The van der Waals surface area contributed by atoms with Crippen LogP contribution in [0.3, 0.4) is 0 Å². The number of rotatable bonds is 3. The fourth-order valence-electron chi connectivity index (χ4n) is 1.54. The molecule has 0 bridgehead atoms. The molecule has 1 aliphatic rings. The first kappa shape index (κ1) is 9.12. The number of nitrogens with zero attached hydrogens (tertiary/aromatic N) is 1. The molecule has 1 aromatic heterocycles. The maximum Gasteiger partial charge on any atom is 0.107 e. The molecule has 13 heavy (non-hydrogen) atoms. The van der Waals surface area contributed by atoms with Gasteiger partial charge in [-0.25, -0.2) is 4.98 Å². The quantitative estimate of drug-likeness (QED) is 0.761. The van der Waals surface area contributed by atoms with Crippen LogP contribution in [0.5, 0.6) is 0 Å². The lowest BCUT2D eigenvalue weighted by Gasteiger charge is -2.32. The predicted molar refractivity (Wildman–Crippen MR) is 54.7 cm³/mol. The summed E-state index contributed by atoms with van der Waals surface area (Å²) in [4.78, 5) is 4.38. The number of aryl methyl sites for hydroxylation is 1. The molecule has 2 rings (SSSR count). The van der Waals surface area contributed by atoms with Gasteiger partial charge in [-0.2, -0.15) is 0 Å². The molecular weight excluding hydrogens is 182 g/mol. The molecule has 0 amide bonds. The van der Waals surface area contributed by atoms with Crippen molar-refractivity contribution in [1.82, 2.24) is 10.3 Å². The zero-order chi connectivity index (χ0) is 9.26. The van der Waals surface area contributed by atoms with E-state index in [1.54, 1.807) is 11.3 Å². The van der Waals surface area contributed by atoms with Crippen molar-refractivity contribution >= 4 is 11.3 Å². The molecule has 1 fully saturated rings. The lowest BCUT2D eigenvalue weighted by Crippen LogP contribution is -2.48. The van der Waals surface area contributed by atoms with Gasteiger partial charge in [-0.05, 0) is 19.8 Å². The second-order valence-corrected chi connectivity index (χ2v) is 4.63. The molecule has 0 spiro atoms. The van der Waals surface area contributed by atoms with Gasteiger partial charge in [-0.3, -0.25) is 0 Å². The second-order valence-electron chi connectivity index (χ2n) is 3.69. The number of aromatic nitrogens is 1. The van der Waals surface area contributed by atoms with Crippen LogP contribution in [0.2, 0.25) is 0 Å². The molecule has 0 aliphatic heterocycles. The molecule has 0 saturated heterocycles. The Hall–Kier alpha value is -0.450. The minimum atomic E-state index is 0.426. The van der Waals surface area contributed by atoms with Crippen molar-refractivity contribution in [1.29, 1.82) is 0 Å². The fourth-order valence-corrected chi connectivity index (χ4v) is 2.27. The zero-order valence-corrected chi connectivity index (χ0v) is 8.60. The monoisotopic (exact) mass is 197 g/mol. The van der Waals surface area contributed by atoms with Gasteiger partial charge in [0.25, 0.3) is 0 Å². The van der Waals surface area contributed by atoms with Crippen LogP contribution in [0.25, 0.3) is 0 Å². The average Bonchev–Trinajstić information content (AvgIpc) is 2.43. The Labute approximate surface area is 82.4 Å². The van der Waals surface area contributed by atoms with E-state index in [-0.39, 0.29) is 0 Å². The summed E-state index contributed by atoms with van der Waals surface area (Å²) in [7, 11) is 0. The molecule has 1 aromatic rings. The molecule has 3 nitrogen and oxygen atoms in total. The van der Waals surface area contributed by atoms with Crippen LogP contribution in [-0.2, 0) is 6.54 Å². The van der Waals surface area contributed by atoms with Gasteiger partial charge in [0.1, 0.15) is 5.01 Å². The van der Waals surface area contributed by atoms with Crippen molar-refractivity contribution in [3.8, 4) is 0 Å². The lowest BCUT2D eigenvalue weighted by molar-refractivity contribution is 0.290. The van der Waals surface area contributed by atoms with Gasteiger partial charge in [0.05, 0.1) is 0 Å². The average molecular weight is 197 g/mol. The first-order valence-corrected chi connectivity index (χ1v) is 5.52. The van der Waals surface area contributed by atoms with Crippen LogP contribution < -0.4 is 11.1 Å². The van der Waals surface area contributed by atoms with Gasteiger partial charge >= 0.3 is 0 Å². The summed E-state index contributed by atoms with van der Waals surface area (Å²) >= 11 is 1.72. The highest BCUT2D eigenvalue weighted by Crippen LogP contribution is 2.18. The SMILES string of the molecule is Cc1csc(CNC2CC(N)C2)n1. The van der Waals surface area contributed by atoms with E-state index in [2.05, 4.69) is 15.7 Å². The third-order valence-corrected chi connectivity index (χ3v) is 3.35. The molecule has 0 atom stereocenters. The van der Waals surface area contributed by atoms with Crippen molar-refractivity contribution in [2.45, 2.75) is 38.4 Å². The molecule has 1 heterocycles. The highest BCUT2D eigenvalue weighted by molar-refractivity contribution is 7.09. The van der Waals surface area contributed by atoms with Crippen molar-refractivity contribution in [3.63, 3.8) is 0 Å². The van der Waals surface area contributed by atoms with Crippen molar-refractivity contribution in [2.24, 2.45) is 5.73 Å². The first-order valence-electron chi connectivity index (χ1n) is 4.64. The van der Waals surface area contributed by atoms with Crippen LogP contribution in [-0.4, -0.2) is 17.1 Å². The van der Waals surface area contributed by atoms with Gasteiger partial charge in [0.15, 0.2) is 0 Å². The van der Waals surface area contributed by atoms with Crippen molar-refractivity contribution in [3.05, 3.63) is 16.1 Å². The third-order valence-electron chi connectivity index (χ3n) is 2.38. The summed E-state index contributed by atoms with van der Waals surface area (Å²) in [5, 5.41) is 6.71. The smallest absolute Gasteiger partial charge is 0.107 e. The zero-order valence-electron chi connectivity index (χ0n) is 7.79. The largest absolute Gasteiger partial charge is 0.328 e. The molecule has 0 aromatic carbocycles. The fraction of sp³-hybridized carbons (Fsp3) is 0.667. The van der Waals surface area contributed by atoms with E-state index < -0.39 is 0 Å². The Bertz CT molecular complexity index is 278. The minimum Gasteiger partial charge on any atom is -0.328 e. The van der Waals surface area contributed by atoms with Crippen LogP contribution in [0.1, 0.15) is 23.5 Å². The summed E-state index contributed by atoms with van der Waals surface area (Å²) in [5.41, 5.74) is 6.81. The molecule has 1 aliphatic carbocycles. The van der Waals surface area contributed by atoms with E-state index in [4.69, 9.17) is 5.73 Å². The summed E-state index contributed by atoms with van der Waals surface area (Å²) in [6.45, 7) is 2.93. The number of thiazole rings is 1. The minimum absolute atomic E-state index is 0.426. The van der Waals surface area contributed by atoms with E-state index in [0.29, 0.717) is 12.1 Å².